The number of hydrogen-bond donors (Lipinski definition) is 1. The van der Waals surface area contributed by atoms with Crippen molar-refractivity contribution in [3.63, 3.8) is 0 Å². The van der Waals surface area contributed by atoms with Gasteiger partial charge in [0.1, 0.15) is 5.75 Å². The Bertz CT molecular complexity index is 1030. The number of rotatable bonds is 5. The van der Waals surface area contributed by atoms with Crippen LogP contribution in [0.25, 0.3) is 5.69 Å². The van der Waals surface area contributed by atoms with Crippen molar-refractivity contribution in [2.75, 3.05) is 18.6 Å². The molecular formula is C21H19ClN4O3. The maximum Gasteiger partial charge on any atom is 0.253 e. The zero-order valence-electron chi connectivity index (χ0n) is 15.7. The van der Waals surface area contributed by atoms with E-state index in [4.69, 9.17) is 16.3 Å². The quantitative estimate of drug-likeness (QED) is 0.701. The van der Waals surface area contributed by atoms with Crippen LogP contribution in [0.15, 0.2) is 60.9 Å². The van der Waals surface area contributed by atoms with Crippen molar-refractivity contribution in [3.8, 4) is 11.4 Å². The molecule has 7 nitrogen and oxygen atoms in total. The van der Waals surface area contributed by atoms with Crippen LogP contribution in [-0.2, 0) is 4.79 Å². The SMILES string of the molecule is COc1ccc(N2CC(NC(=O)c3cc(-n4cccn4)ccc3Cl)CC2=O)cc1. The van der Waals surface area contributed by atoms with Crippen LogP contribution in [0, 0.1) is 0 Å². The second kappa shape index (κ2) is 7.97. The fourth-order valence-electron chi connectivity index (χ4n) is 3.33. The molecule has 4 rings (SSSR count). The number of carbonyl (C=O) groups excluding carboxylic acids is 2. The maximum atomic E-state index is 12.8. The molecule has 29 heavy (non-hydrogen) atoms. The van der Waals surface area contributed by atoms with E-state index in [1.165, 1.54) is 0 Å². The molecule has 1 atom stereocenters. The molecule has 1 N–H and O–H groups in total. The number of carbonyl (C=O) groups is 2. The summed E-state index contributed by atoms with van der Waals surface area (Å²) in [5.74, 6) is 0.354. The van der Waals surface area contributed by atoms with Crippen molar-refractivity contribution in [1.29, 1.82) is 0 Å². The summed E-state index contributed by atoms with van der Waals surface area (Å²) in [5, 5.41) is 7.43. The standard InChI is InChI=1S/C21H19ClN4O3/c1-29-17-6-3-15(4-7-17)25-13-14(11-20(25)27)24-21(28)18-12-16(5-8-19(18)22)26-10-2-9-23-26/h2-10,12,14H,11,13H2,1H3,(H,24,28). The third-order valence-electron chi connectivity index (χ3n) is 4.81. The number of aromatic nitrogens is 2. The minimum atomic E-state index is -0.321. The van der Waals surface area contributed by atoms with Gasteiger partial charge in [-0.05, 0) is 48.5 Å². The first-order valence-electron chi connectivity index (χ1n) is 9.10. The van der Waals surface area contributed by atoms with Crippen LogP contribution in [0.3, 0.4) is 0 Å². The Hall–Kier alpha value is -3.32. The van der Waals surface area contributed by atoms with Gasteiger partial charge in [0, 0.05) is 31.0 Å². The number of benzene rings is 2. The third-order valence-corrected chi connectivity index (χ3v) is 5.14. The average Bonchev–Trinajstić information content (AvgIpc) is 3.38. The van der Waals surface area contributed by atoms with Crippen molar-refractivity contribution in [2.45, 2.75) is 12.5 Å². The van der Waals surface area contributed by atoms with Gasteiger partial charge >= 0.3 is 0 Å². The van der Waals surface area contributed by atoms with E-state index in [2.05, 4.69) is 10.4 Å². The Balaban J connectivity index is 1.47. The zero-order chi connectivity index (χ0) is 20.4. The summed E-state index contributed by atoms with van der Waals surface area (Å²) in [7, 11) is 1.59. The topological polar surface area (TPSA) is 76.5 Å². The van der Waals surface area contributed by atoms with E-state index in [9.17, 15) is 9.59 Å². The molecule has 2 heterocycles. The van der Waals surface area contributed by atoms with E-state index >= 15 is 0 Å². The number of nitrogens with one attached hydrogen (secondary N) is 1. The van der Waals surface area contributed by atoms with Gasteiger partial charge in [0.05, 0.1) is 29.4 Å². The molecule has 2 amide bonds. The largest absolute Gasteiger partial charge is 0.497 e. The average molecular weight is 411 g/mol. The van der Waals surface area contributed by atoms with Crippen LogP contribution >= 0.6 is 11.6 Å². The van der Waals surface area contributed by atoms with Gasteiger partial charge in [0.2, 0.25) is 5.91 Å². The molecule has 0 bridgehead atoms. The van der Waals surface area contributed by atoms with Crippen LogP contribution in [0.1, 0.15) is 16.8 Å². The summed E-state index contributed by atoms with van der Waals surface area (Å²) >= 11 is 6.24. The molecule has 0 spiro atoms. The Morgan fingerprint density at radius 3 is 2.66 bits per heavy atom. The van der Waals surface area contributed by atoms with Crippen molar-refractivity contribution in [1.82, 2.24) is 15.1 Å². The van der Waals surface area contributed by atoms with E-state index in [-0.39, 0.29) is 24.3 Å². The maximum absolute atomic E-state index is 12.8. The van der Waals surface area contributed by atoms with Crippen LogP contribution in [0.4, 0.5) is 5.69 Å². The molecular weight excluding hydrogens is 392 g/mol. The second-order valence-electron chi connectivity index (χ2n) is 6.69. The lowest BCUT2D eigenvalue weighted by Crippen LogP contribution is -2.37. The van der Waals surface area contributed by atoms with Gasteiger partial charge in [-0.25, -0.2) is 4.68 Å². The number of methoxy groups -OCH3 is 1. The van der Waals surface area contributed by atoms with Crippen molar-refractivity contribution in [3.05, 3.63) is 71.5 Å². The molecule has 1 aliphatic heterocycles. The summed E-state index contributed by atoms with van der Waals surface area (Å²) < 4.78 is 6.80. The molecule has 3 aromatic rings. The first-order chi connectivity index (χ1) is 14.0. The Morgan fingerprint density at radius 1 is 1.21 bits per heavy atom. The molecule has 1 aliphatic rings. The van der Waals surface area contributed by atoms with E-state index in [0.29, 0.717) is 17.1 Å². The van der Waals surface area contributed by atoms with Crippen LogP contribution in [-0.4, -0.2) is 41.3 Å². The van der Waals surface area contributed by atoms with Gasteiger partial charge in [0.15, 0.2) is 0 Å². The van der Waals surface area contributed by atoms with E-state index in [1.807, 2.05) is 12.1 Å². The first-order valence-corrected chi connectivity index (χ1v) is 9.48. The van der Waals surface area contributed by atoms with Crippen molar-refractivity contribution < 1.29 is 14.3 Å². The van der Waals surface area contributed by atoms with Crippen molar-refractivity contribution in [2.24, 2.45) is 0 Å². The van der Waals surface area contributed by atoms with Gasteiger partial charge in [-0.15, -0.1) is 0 Å². The molecule has 1 fully saturated rings. The summed E-state index contributed by atoms with van der Waals surface area (Å²) in [4.78, 5) is 26.9. The number of anilines is 1. The Labute approximate surface area is 172 Å². The van der Waals surface area contributed by atoms with Crippen LogP contribution in [0.2, 0.25) is 5.02 Å². The lowest BCUT2D eigenvalue weighted by Gasteiger charge is -2.18. The van der Waals surface area contributed by atoms with Gasteiger partial charge in [-0.1, -0.05) is 11.6 Å². The Kier molecular flexibility index (Phi) is 5.22. The van der Waals surface area contributed by atoms with Gasteiger partial charge in [-0.3, -0.25) is 9.59 Å². The molecule has 0 saturated carbocycles. The minimum absolute atomic E-state index is 0.0446. The number of nitrogens with zero attached hydrogens (tertiary/aromatic N) is 3. The highest BCUT2D eigenvalue weighted by Crippen LogP contribution is 2.25. The minimum Gasteiger partial charge on any atom is -0.497 e. The molecule has 0 aliphatic carbocycles. The summed E-state index contributed by atoms with van der Waals surface area (Å²) in [6, 6.07) is 13.9. The van der Waals surface area contributed by atoms with E-state index < -0.39 is 0 Å². The molecule has 2 aromatic carbocycles. The number of ether oxygens (including phenoxy) is 1. The Morgan fingerprint density at radius 2 is 1.97 bits per heavy atom. The van der Waals surface area contributed by atoms with Crippen LogP contribution in [0.5, 0.6) is 5.75 Å². The van der Waals surface area contributed by atoms with Crippen molar-refractivity contribution >= 4 is 29.1 Å². The zero-order valence-corrected chi connectivity index (χ0v) is 16.5. The van der Waals surface area contributed by atoms with Gasteiger partial charge in [0.25, 0.3) is 5.91 Å². The van der Waals surface area contributed by atoms with E-state index in [1.54, 1.807) is 65.5 Å². The molecule has 1 aromatic heterocycles. The molecule has 0 radical (unpaired) electrons. The van der Waals surface area contributed by atoms with Crippen LogP contribution < -0.4 is 15.0 Å². The lowest BCUT2D eigenvalue weighted by atomic mass is 10.1. The predicted octanol–water partition coefficient (Wildman–Crippen LogP) is 3.07. The highest BCUT2D eigenvalue weighted by Gasteiger charge is 2.32. The highest BCUT2D eigenvalue weighted by atomic mass is 35.5. The molecule has 1 unspecified atom stereocenters. The monoisotopic (exact) mass is 410 g/mol. The number of halogens is 1. The van der Waals surface area contributed by atoms with Gasteiger partial charge < -0.3 is 15.0 Å². The summed E-state index contributed by atoms with van der Waals surface area (Å²) in [6.07, 6.45) is 3.67. The molecule has 1 saturated heterocycles. The van der Waals surface area contributed by atoms with Gasteiger partial charge in [-0.2, -0.15) is 5.10 Å². The first kappa shape index (κ1) is 19.0. The summed E-state index contributed by atoms with van der Waals surface area (Å²) in [6.45, 7) is 0.396. The fraction of sp³-hybridized carbons (Fsp3) is 0.190. The molecule has 8 heteroatoms. The number of amides is 2. The summed E-state index contributed by atoms with van der Waals surface area (Å²) in [5.41, 5.74) is 1.84. The fourth-order valence-corrected chi connectivity index (χ4v) is 3.53. The van der Waals surface area contributed by atoms with E-state index in [0.717, 1.165) is 17.1 Å². The number of hydrogen-bond acceptors (Lipinski definition) is 4. The smallest absolute Gasteiger partial charge is 0.253 e. The normalized spacial score (nSPS) is 16.1. The third kappa shape index (κ3) is 3.95. The highest BCUT2D eigenvalue weighted by molar-refractivity contribution is 6.34. The lowest BCUT2D eigenvalue weighted by molar-refractivity contribution is -0.117. The second-order valence-corrected chi connectivity index (χ2v) is 7.10. The molecule has 148 valence electrons. The predicted molar refractivity (Wildman–Crippen MR) is 110 cm³/mol.